The van der Waals surface area contributed by atoms with Crippen LogP contribution in [0.25, 0.3) is 0 Å². The standard InChI is InChI=1S/C86H138N20O13/c1-11-56(9)72-84(118)99-65(40-30-46-94-86(90)91)77(111)97-64(80(114)105-73(57(10)12-2)85(119)100-66(74(89)108)50-59-33-18-14-19-34-59)39-24-27-43-93-45-29-28-44-92-42-26-23-38-63(78(112)102-68(48-54(5)6)82(116)106-72)98-81(115)67(47-53(3)4)103-83(117)71(55(7)8)104-79(113)62(37-22-25-41-87)96-70(107)52-95-76(110)69(51-60-35-20-15-21-36-60)101-75(109)61(88)49-58-31-16-13-17-32-58/h13-21,28-29,31-36,53-57,61-69,71-73,92-93H,11-12,22-27,30,37-52,87-88H2,1-10H3,(H2,89,108)(H,95,110)(H,96,107)(H,97,111)(H,98,115)(H,99,118)(H,100,119)(H,101,109)(H,102,112)(H,103,117)(H,104,113)(H,105,114)(H,106,116)(H4,90,91,94)/b29-28+/t56-,57-,61-,62-,63-,64-,65-,66-,67-,68-,69-,71-,72-,73-/m0/s1. The Hall–Kier alpha value is -10.4. The van der Waals surface area contributed by atoms with Crippen LogP contribution >= 0.6 is 0 Å². The highest BCUT2D eigenvalue weighted by Crippen LogP contribution is 2.18. The Kier molecular flexibility index (Phi) is 47.0. The monoisotopic (exact) mass is 1660 g/mol. The minimum absolute atomic E-state index is 0.0482. The molecule has 1 heterocycles. The van der Waals surface area contributed by atoms with Crippen LogP contribution in [-0.4, -0.2) is 201 Å². The van der Waals surface area contributed by atoms with E-state index in [1.807, 2.05) is 96.2 Å². The van der Waals surface area contributed by atoms with Gasteiger partial charge in [0, 0.05) is 32.5 Å². The van der Waals surface area contributed by atoms with Crippen LogP contribution in [0.1, 0.15) is 182 Å². The van der Waals surface area contributed by atoms with Gasteiger partial charge in [-0.1, -0.05) is 185 Å². The highest BCUT2D eigenvalue weighted by atomic mass is 16.2. The summed E-state index contributed by atoms with van der Waals surface area (Å²) in [6.07, 6.45) is 8.31. The SMILES string of the molecule is CC[C@H](C)[C@H](NC(=O)[C@@H]1CCCCNC/C=C/CNCCCC[C@H](NC(=O)[C@H](CC(C)C)NC(=O)[C@@H](NC(=O)[C@H](CCCCN)NC(=O)CNC(=O)[C@H](Cc2ccccc2)NC(=O)[C@@H](N)Cc2ccccc2)C(C)C)C(=O)N[C@@H](CC(C)C)C(=O)N[C@@H]([C@@H](C)CC)C(=O)N[C@@H](CCCN=C(N)N)C(=O)N1)C(=O)N[C@@H](Cc1ccccc1)C(N)=O. The molecule has 0 saturated heterocycles. The first-order chi connectivity index (χ1) is 56.7. The maximum Gasteiger partial charge on any atom is 0.243 e. The van der Waals surface area contributed by atoms with Crippen LogP contribution in [0.2, 0.25) is 0 Å². The van der Waals surface area contributed by atoms with Crippen molar-refractivity contribution in [2.75, 3.05) is 45.8 Å². The van der Waals surface area contributed by atoms with E-state index in [0.717, 1.165) is 16.7 Å². The third-order valence-corrected chi connectivity index (χ3v) is 20.8. The molecule has 0 aromatic heterocycles. The Morgan fingerprint density at radius 1 is 0.513 bits per heavy atom. The fourth-order valence-electron chi connectivity index (χ4n) is 13.4. The predicted octanol–water partition coefficient (Wildman–Crippen LogP) is 1.09. The first-order valence-corrected chi connectivity index (χ1v) is 42.3. The summed E-state index contributed by atoms with van der Waals surface area (Å²) in [5, 5.41) is 40.4. The number of hydrogen-bond donors (Lipinski definition) is 19. The van der Waals surface area contributed by atoms with E-state index in [4.69, 9.17) is 28.7 Å². The number of benzene rings is 3. The number of nitrogens with two attached hydrogens (primary N) is 5. The molecule has 3 aromatic carbocycles. The highest BCUT2D eigenvalue weighted by molar-refractivity contribution is 6.00. The molecule has 33 heteroatoms. The fourth-order valence-corrected chi connectivity index (χ4v) is 13.4. The molecule has 0 saturated carbocycles. The summed E-state index contributed by atoms with van der Waals surface area (Å²) in [6.45, 7) is 19.6. The summed E-state index contributed by atoms with van der Waals surface area (Å²) in [7, 11) is 0. The first kappa shape index (κ1) is 101. The van der Waals surface area contributed by atoms with Gasteiger partial charge in [0.25, 0.3) is 0 Å². The van der Waals surface area contributed by atoms with Gasteiger partial charge in [0.15, 0.2) is 5.96 Å². The second kappa shape index (κ2) is 55.4. The van der Waals surface area contributed by atoms with E-state index in [9.17, 15) is 57.5 Å². The number of carbonyl (C=O) groups excluding carboxylic acids is 13. The molecule has 0 fully saturated rings. The number of rotatable bonds is 40. The maximum atomic E-state index is 15.0. The lowest BCUT2D eigenvalue weighted by atomic mass is 9.95. The van der Waals surface area contributed by atoms with Crippen molar-refractivity contribution < 1.29 is 62.3 Å². The summed E-state index contributed by atoms with van der Waals surface area (Å²) in [6, 6.07) is 12.3. The van der Waals surface area contributed by atoms with Crippen molar-refractivity contribution in [2.45, 2.75) is 257 Å². The molecule has 0 unspecified atom stereocenters. The molecule has 14 atom stereocenters. The number of nitrogens with zero attached hydrogens (tertiary/aromatic N) is 1. The smallest absolute Gasteiger partial charge is 0.243 e. The highest BCUT2D eigenvalue weighted by Gasteiger charge is 2.39. The van der Waals surface area contributed by atoms with Gasteiger partial charge in [-0.2, -0.15) is 0 Å². The Bertz CT molecular complexity index is 3720. The summed E-state index contributed by atoms with van der Waals surface area (Å²) in [5.74, 6) is -11.7. The van der Waals surface area contributed by atoms with Crippen LogP contribution in [0.5, 0.6) is 0 Å². The molecular formula is C86H138N20O13. The third-order valence-electron chi connectivity index (χ3n) is 20.8. The average molecular weight is 1660 g/mol. The quantitative estimate of drug-likeness (QED) is 0.0164. The molecule has 0 bridgehead atoms. The van der Waals surface area contributed by atoms with Gasteiger partial charge in [-0.25, -0.2) is 0 Å². The van der Waals surface area contributed by atoms with Crippen molar-refractivity contribution in [1.82, 2.24) is 74.4 Å². The topological polar surface area (TPSA) is 533 Å². The van der Waals surface area contributed by atoms with Crippen LogP contribution in [0.4, 0.5) is 0 Å². The number of aliphatic imine (C=N–C) groups is 1. The predicted molar refractivity (Wildman–Crippen MR) is 460 cm³/mol. The van der Waals surface area contributed by atoms with Crippen molar-refractivity contribution in [3.63, 3.8) is 0 Å². The summed E-state index contributed by atoms with van der Waals surface area (Å²) < 4.78 is 0. The van der Waals surface area contributed by atoms with E-state index in [-0.39, 0.29) is 95.1 Å². The lowest BCUT2D eigenvalue weighted by molar-refractivity contribution is -0.137. The number of guanidine groups is 1. The van der Waals surface area contributed by atoms with E-state index in [2.05, 4.69) is 79.4 Å². The molecule has 24 N–H and O–H groups in total. The largest absolute Gasteiger partial charge is 0.370 e. The second-order valence-electron chi connectivity index (χ2n) is 32.2. The maximum absolute atomic E-state index is 15.0. The molecule has 33 nitrogen and oxygen atoms in total. The lowest BCUT2D eigenvalue weighted by Gasteiger charge is -2.31. The number of hydrogen-bond acceptors (Lipinski definition) is 18. The zero-order valence-corrected chi connectivity index (χ0v) is 71.4. The van der Waals surface area contributed by atoms with E-state index < -0.39 is 174 Å². The van der Waals surface area contributed by atoms with Gasteiger partial charge in [0.1, 0.15) is 66.5 Å². The molecule has 119 heavy (non-hydrogen) atoms. The van der Waals surface area contributed by atoms with Crippen molar-refractivity contribution in [3.05, 3.63) is 120 Å². The molecule has 0 spiro atoms. The van der Waals surface area contributed by atoms with Gasteiger partial charge in [0.2, 0.25) is 76.8 Å². The van der Waals surface area contributed by atoms with Gasteiger partial charge < -0.3 is 103 Å². The molecule has 1 aliphatic rings. The molecule has 1 aliphatic heterocycles. The minimum atomic E-state index is -1.36. The number of unbranched alkanes of at least 4 members (excludes halogenated alkanes) is 1. The molecule has 13 amide bonds. The van der Waals surface area contributed by atoms with E-state index in [0.29, 0.717) is 77.5 Å². The van der Waals surface area contributed by atoms with Gasteiger partial charge >= 0.3 is 0 Å². The van der Waals surface area contributed by atoms with Crippen molar-refractivity contribution in [1.29, 1.82) is 0 Å². The van der Waals surface area contributed by atoms with E-state index in [1.165, 1.54) is 0 Å². The zero-order valence-electron chi connectivity index (χ0n) is 71.4. The van der Waals surface area contributed by atoms with Crippen LogP contribution in [0, 0.1) is 29.6 Å². The van der Waals surface area contributed by atoms with Gasteiger partial charge in [-0.05, 0) is 156 Å². The van der Waals surface area contributed by atoms with Crippen LogP contribution < -0.4 is 103 Å². The Morgan fingerprint density at radius 2 is 1.06 bits per heavy atom. The molecular weight excluding hydrogens is 1520 g/mol. The lowest BCUT2D eigenvalue weighted by Crippen LogP contribution is -2.62. The first-order valence-electron chi connectivity index (χ1n) is 42.3. The summed E-state index contributed by atoms with van der Waals surface area (Å²) in [5.41, 5.74) is 31.6. The number of amides is 13. The van der Waals surface area contributed by atoms with Gasteiger partial charge in [0.05, 0.1) is 12.6 Å². The Morgan fingerprint density at radius 3 is 1.61 bits per heavy atom. The normalized spacial score (nSPS) is 19.7. The second-order valence-corrected chi connectivity index (χ2v) is 32.2. The van der Waals surface area contributed by atoms with Crippen molar-refractivity contribution in [3.8, 4) is 0 Å². The Balaban J connectivity index is 1.63. The van der Waals surface area contributed by atoms with Crippen molar-refractivity contribution in [2.24, 2.45) is 63.3 Å². The number of primary amides is 1. The molecule has 0 aliphatic carbocycles. The van der Waals surface area contributed by atoms with Gasteiger partial charge in [-0.3, -0.25) is 67.3 Å². The molecule has 0 radical (unpaired) electrons. The van der Waals surface area contributed by atoms with E-state index >= 15 is 4.79 Å². The van der Waals surface area contributed by atoms with Crippen LogP contribution in [0.3, 0.4) is 0 Å². The summed E-state index contributed by atoms with van der Waals surface area (Å²) in [4.78, 5) is 191. The molecule has 4 rings (SSSR count). The third kappa shape index (κ3) is 38.9. The average Bonchev–Trinajstić information content (AvgIpc) is 0.850. The van der Waals surface area contributed by atoms with Crippen molar-refractivity contribution >= 4 is 82.8 Å². The van der Waals surface area contributed by atoms with Crippen LogP contribution in [-0.2, 0) is 81.6 Å². The van der Waals surface area contributed by atoms with Gasteiger partial charge in [-0.15, -0.1) is 0 Å². The Labute approximate surface area is 702 Å². The molecule has 660 valence electrons. The number of nitrogens with one attached hydrogen (secondary N) is 14. The minimum Gasteiger partial charge on any atom is -0.370 e. The summed E-state index contributed by atoms with van der Waals surface area (Å²) >= 11 is 0. The zero-order chi connectivity index (χ0) is 87.9. The molecule has 3 aromatic rings. The fraction of sp³-hybridized carbons (Fsp3) is 0.605. The van der Waals surface area contributed by atoms with Crippen LogP contribution in [0.15, 0.2) is 108 Å². The number of carbonyl (C=O) groups is 13. The van der Waals surface area contributed by atoms with E-state index in [1.54, 1.807) is 76.2 Å².